The SMILES string of the molecule is Cn1ncnc1COC(=O)c1cc(-c2ccc(Br)cc2)no1. The molecule has 0 saturated heterocycles. The first-order chi connectivity index (χ1) is 10.6. The lowest BCUT2D eigenvalue weighted by Gasteiger charge is -2.00. The molecule has 0 bridgehead atoms. The van der Waals surface area contributed by atoms with Gasteiger partial charge < -0.3 is 9.26 Å². The Morgan fingerprint density at radius 2 is 2.14 bits per heavy atom. The Labute approximate surface area is 134 Å². The number of benzene rings is 1. The van der Waals surface area contributed by atoms with E-state index in [0.29, 0.717) is 11.5 Å². The van der Waals surface area contributed by atoms with Crippen molar-refractivity contribution in [1.82, 2.24) is 19.9 Å². The second-order valence-corrected chi connectivity index (χ2v) is 5.37. The molecule has 0 N–H and O–H groups in total. The molecule has 22 heavy (non-hydrogen) atoms. The maximum atomic E-state index is 11.9. The van der Waals surface area contributed by atoms with Crippen LogP contribution in [-0.2, 0) is 18.4 Å². The molecule has 8 heteroatoms. The predicted molar refractivity (Wildman–Crippen MR) is 79.8 cm³/mol. The molecule has 0 aliphatic heterocycles. The fraction of sp³-hybridized carbons (Fsp3) is 0.143. The van der Waals surface area contributed by atoms with Gasteiger partial charge in [0, 0.05) is 23.2 Å². The molecule has 0 amide bonds. The molecule has 0 fully saturated rings. The Morgan fingerprint density at radius 3 is 2.82 bits per heavy atom. The Kier molecular flexibility index (Phi) is 4.01. The molecule has 0 atom stereocenters. The van der Waals surface area contributed by atoms with Crippen LogP contribution in [-0.4, -0.2) is 25.9 Å². The molecule has 2 aromatic heterocycles. The number of nitrogens with zero attached hydrogens (tertiary/aromatic N) is 4. The Hall–Kier alpha value is -2.48. The van der Waals surface area contributed by atoms with Crippen LogP contribution in [0.4, 0.5) is 0 Å². The number of halogens is 1. The smallest absolute Gasteiger partial charge is 0.377 e. The molecule has 0 aliphatic carbocycles. The van der Waals surface area contributed by atoms with Gasteiger partial charge in [-0.25, -0.2) is 9.78 Å². The molecule has 7 nitrogen and oxygen atoms in total. The molecule has 0 aliphatic rings. The number of esters is 1. The van der Waals surface area contributed by atoms with Gasteiger partial charge in [0.2, 0.25) is 5.76 Å². The highest BCUT2D eigenvalue weighted by Crippen LogP contribution is 2.21. The second kappa shape index (κ2) is 6.10. The summed E-state index contributed by atoms with van der Waals surface area (Å²) in [6.07, 6.45) is 1.39. The van der Waals surface area contributed by atoms with E-state index in [1.165, 1.54) is 11.0 Å². The van der Waals surface area contributed by atoms with Crippen molar-refractivity contribution in [1.29, 1.82) is 0 Å². The summed E-state index contributed by atoms with van der Waals surface area (Å²) >= 11 is 3.36. The standard InChI is InChI=1S/C14H11BrN4O3/c1-19-13(16-8-17-19)7-21-14(20)12-6-11(18-22-12)9-2-4-10(15)5-3-9/h2-6,8H,7H2,1H3. The van der Waals surface area contributed by atoms with Crippen molar-refractivity contribution in [2.75, 3.05) is 0 Å². The quantitative estimate of drug-likeness (QED) is 0.663. The lowest BCUT2D eigenvalue weighted by molar-refractivity contribution is 0.0411. The molecule has 112 valence electrons. The molecular formula is C14H11BrN4O3. The number of carbonyl (C=O) groups is 1. The maximum absolute atomic E-state index is 11.9. The van der Waals surface area contributed by atoms with Crippen molar-refractivity contribution in [2.24, 2.45) is 7.05 Å². The van der Waals surface area contributed by atoms with E-state index < -0.39 is 5.97 Å². The van der Waals surface area contributed by atoms with Gasteiger partial charge in [0.1, 0.15) is 12.0 Å². The number of ether oxygens (including phenoxy) is 1. The number of rotatable bonds is 4. The van der Waals surface area contributed by atoms with Gasteiger partial charge in [0.25, 0.3) is 0 Å². The molecule has 0 radical (unpaired) electrons. The zero-order valence-corrected chi connectivity index (χ0v) is 13.1. The zero-order valence-electron chi connectivity index (χ0n) is 11.6. The van der Waals surface area contributed by atoms with E-state index in [2.05, 4.69) is 31.2 Å². The van der Waals surface area contributed by atoms with Crippen LogP contribution < -0.4 is 0 Å². The average Bonchev–Trinajstić information content (AvgIpc) is 3.15. The van der Waals surface area contributed by atoms with Gasteiger partial charge in [-0.2, -0.15) is 5.10 Å². The van der Waals surface area contributed by atoms with Gasteiger partial charge in [-0.15, -0.1) is 0 Å². The Morgan fingerprint density at radius 1 is 1.36 bits per heavy atom. The van der Waals surface area contributed by atoms with Crippen molar-refractivity contribution in [3.63, 3.8) is 0 Å². The third-order valence-corrected chi connectivity index (χ3v) is 3.52. The molecule has 3 rings (SSSR count). The van der Waals surface area contributed by atoms with Crippen LogP contribution in [0.3, 0.4) is 0 Å². The number of aryl methyl sites for hydroxylation is 1. The average molecular weight is 363 g/mol. The molecule has 0 saturated carbocycles. The fourth-order valence-corrected chi connectivity index (χ4v) is 2.04. The first kappa shape index (κ1) is 14.5. The second-order valence-electron chi connectivity index (χ2n) is 4.46. The van der Waals surface area contributed by atoms with Crippen LogP contribution in [0.1, 0.15) is 16.4 Å². The molecular weight excluding hydrogens is 352 g/mol. The van der Waals surface area contributed by atoms with Gasteiger partial charge >= 0.3 is 5.97 Å². The summed E-state index contributed by atoms with van der Waals surface area (Å²) in [6.45, 7) is 0.0175. The van der Waals surface area contributed by atoms with E-state index in [9.17, 15) is 4.79 Å². The van der Waals surface area contributed by atoms with Crippen LogP contribution >= 0.6 is 15.9 Å². The third kappa shape index (κ3) is 3.06. The molecule has 3 aromatic rings. The van der Waals surface area contributed by atoms with E-state index in [1.807, 2.05) is 24.3 Å². The number of hydrogen-bond acceptors (Lipinski definition) is 6. The number of aromatic nitrogens is 4. The van der Waals surface area contributed by atoms with E-state index >= 15 is 0 Å². The summed E-state index contributed by atoms with van der Waals surface area (Å²) in [5.41, 5.74) is 1.41. The Bertz CT molecular complexity index is 795. The van der Waals surface area contributed by atoms with Crippen molar-refractivity contribution in [2.45, 2.75) is 6.61 Å². The highest BCUT2D eigenvalue weighted by atomic mass is 79.9. The first-order valence-electron chi connectivity index (χ1n) is 6.36. The summed E-state index contributed by atoms with van der Waals surface area (Å²) < 4.78 is 12.6. The summed E-state index contributed by atoms with van der Waals surface area (Å²) in [4.78, 5) is 15.9. The van der Waals surface area contributed by atoms with Gasteiger partial charge in [-0.05, 0) is 12.1 Å². The van der Waals surface area contributed by atoms with Crippen LogP contribution in [0.25, 0.3) is 11.3 Å². The minimum absolute atomic E-state index is 0.0175. The monoisotopic (exact) mass is 362 g/mol. The third-order valence-electron chi connectivity index (χ3n) is 2.99. The molecule has 2 heterocycles. The summed E-state index contributed by atoms with van der Waals surface area (Å²) in [5.74, 6) is -0.0139. The first-order valence-corrected chi connectivity index (χ1v) is 7.15. The fourth-order valence-electron chi connectivity index (χ4n) is 1.78. The van der Waals surface area contributed by atoms with Crippen LogP contribution in [0.15, 0.2) is 45.7 Å². The van der Waals surface area contributed by atoms with Crippen molar-refractivity contribution in [3.05, 3.63) is 52.7 Å². The van der Waals surface area contributed by atoms with Crippen LogP contribution in [0.5, 0.6) is 0 Å². The van der Waals surface area contributed by atoms with Crippen LogP contribution in [0.2, 0.25) is 0 Å². The lowest BCUT2D eigenvalue weighted by atomic mass is 10.1. The predicted octanol–water partition coefficient (Wildman–Crippen LogP) is 2.59. The van der Waals surface area contributed by atoms with Crippen molar-refractivity contribution < 1.29 is 14.1 Å². The van der Waals surface area contributed by atoms with Gasteiger partial charge in [0.15, 0.2) is 12.4 Å². The van der Waals surface area contributed by atoms with Crippen molar-refractivity contribution >= 4 is 21.9 Å². The maximum Gasteiger partial charge on any atom is 0.377 e. The molecule has 0 spiro atoms. The normalized spacial score (nSPS) is 10.6. The highest BCUT2D eigenvalue weighted by Gasteiger charge is 2.16. The molecule has 0 unspecified atom stereocenters. The van der Waals surface area contributed by atoms with Crippen molar-refractivity contribution in [3.8, 4) is 11.3 Å². The summed E-state index contributed by atoms with van der Waals surface area (Å²) in [7, 11) is 1.72. The largest absolute Gasteiger partial charge is 0.452 e. The number of hydrogen-bond donors (Lipinski definition) is 0. The summed E-state index contributed by atoms with van der Waals surface area (Å²) in [5, 5.41) is 7.77. The van der Waals surface area contributed by atoms with E-state index in [1.54, 1.807) is 13.1 Å². The summed E-state index contributed by atoms with van der Waals surface area (Å²) in [6, 6.07) is 9.06. The van der Waals surface area contributed by atoms with E-state index in [0.717, 1.165) is 10.0 Å². The van der Waals surface area contributed by atoms with Gasteiger partial charge in [-0.3, -0.25) is 4.68 Å². The van der Waals surface area contributed by atoms with Crippen LogP contribution in [0, 0.1) is 0 Å². The highest BCUT2D eigenvalue weighted by molar-refractivity contribution is 9.10. The number of carbonyl (C=O) groups excluding carboxylic acids is 1. The minimum Gasteiger partial charge on any atom is -0.452 e. The topological polar surface area (TPSA) is 83.0 Å². The minimum atomic E-state index is -0.598. The molecule has 1 aromatic carbocycles. The van der Waals surface area contributed by atoms with Gasteiger partial charge in [-0.1, -0.05) is 33.2 Å². The van der Waals surface area contributed by atoms with Gasteiger partial charge in [0.05, 0.1) is 0 Å². The zero-order chi connectivity index (χ0) is 15.5. The van der Waals surface area contributed by atoms with E-state index in [4.69, 9.17) is 9.26 Å². The van der Waals surface area contributed by atoms with E-state index in [-0.39, 0.29) is 12.4 Å². The lowest BCUT2D eigenvalue weighted by Crippen LogP contribution is -2.08. The Balaban J connectivity index is 1.69.